The number of carbonyl (C=O) groups excluding carboxylic acids is 1. The van der Waals surface area contributed by atoms with E-state index >= 15 is 0 Å². The number of rotatable bonds is 5. The Balaban J connectivity index is 2.12. The van der Waals surface area contributed by atoms with Crippen LogP contribution in [0.1, 0.15) is 38.2 Å². The van der Waals surface area contributed by atoms with Crippen LogP contribution in [0.25, 0.3) is 0 Å². The number of carbonyl (C=O) groups is 1. The SMILES string of the molecule is C=C1C/C(=C\CCCC)N(Cc2ccccc2)C1=O. The van der Waals surface area contributed by atoms with Crippen molar-refractivity contribution in [1.29, 1.82) is 0 Å². The summed E-state index contributed by atoms with van der Waals surface area (Å²) in [5.41, 5.74) is 2.98. The highest BCUT2D eigenvalue weighted by Crippen LogP contribution is 2.28. The Labute approximate surface area is 115 Å². The van der Waals surface area contributed by atoms with Crippen molar-refractivity contribution in [3.8, 4) is 0 Å². The standard InChI is InChI=1S/C17H21NO/c1-3-4-6-11-16-12-14(2)17(19)18(16)13-15-9-7-5-8-10-15/h5,7-11H,2-4,6,12-13H2,1H3/b16-11+. The fourth-order valence-electron chi connectivity index (χ4n) is 2.31. The molecule has 0 N–H and O–H groups in total. The molecule has 0 saturated carbocycles. The van der Waals surface area contributed by atoms with Crippen molar-refractivity contribution in [2.75, 3.05) is 0 Å². The lowest BCUT2D eigenvalue weighted by atomic mass is 10.1. The Morgan fingerprint density at radius 2 is 2.05 bits per heavy atom. The van der Waals surface area contributed by atoms with E-state index in [0.717, 1.165) is 17.7 Å². The monoisotopic (exact) mass is 255 g/mol. The zero-order valence-corrected chi connectivity index (χ0v) is 11.6. The van der Waals surface area contributed by atoms with Gasteiger partial charge in [0.15, 0.2) is 0 Å². The Kier molecular flexibility index (Phi) is 4.56. The van der Waals surface area contributed by atoms with E-state index < -0.39 is 0 Å². The molecule has 0 atom stereocenters. The summed E-state index contributed by atoms with van der Waals surface area (Å²) in [7, 11) is 0. The molecule has 0 aromatic heterocycles. The Morgan fingerprint density at radius 3 is 2.74 bits per heavy atom. The lowest BCUT2D eigenvalue weighted by molar-refractivity contribution is -0.124. The van der Waals surface area contributed by atoms with Gasteiger partial charge in [0.2, 0.25) is 0 Å². The van der Waals surface area contributed by atoms with Crippen molar-refractivity contribution in [3.63, 3.8) is 0 Å². The van der Waals surface area contributed by atoms with E-state index in [4.69, 9.17) is 0 Å². The number of unbranched alkanes of at least 4 members (excludes halogenated alkanes) is 2. The van der Waals surface area contributed by atoms with Gasteiger partial charge in [-0.05, 0) is 12.0 Å². The fraction of sp³-hybridized carbons (Fsp3) is 0.353. The molecule has 1 amide bonds. The van der Waals surface area contributed by atoms with Gasteiger partial charge in [0.1, 0.15) is 0 Å². The van der Waals surface area contributed by atoms with Crippen LogP contribution in [-0.4, -0.2) is 10.8 Å². The molecule has 19 heavy (non-hydrogen) atoms. The van der Waals surface area contributed by atoms with Crippen molar-refractivity contribution < 1.29 is 4.79 Å². The van der Waals surface area contributed by atoms with E-state index in [-0.39, 0.29) is 5.91 Å². The average Bonchev–Trinajstić information content (AvgIpc) is 2.68. The van der Waals surface area contributed by atoms with E-state index in [1.54, 1.807) is 0 Å². The molecule has 1 aromatic carbocycles. The van der Waals surface area contributed by atoms with Crippen LogP contribution in [0.5, 0.6) is 0 Å². The summed E-state index contributed by atoms with van der Waals surface area (Å²) in [5.74, 6) is 0.0756. The quantitative estimate of drug-likeness (QED) is 0.574. The molecule has 1 aliphatic heterocycles. The van der Waals surface area contributed by atoms with Crippen LogP contribution in [0.4, 0.5) is 0 Å². The van der Waals surface area contributed by atoms with Gasteiger partial charge >= 0.3 is 0 Å². The second-order valence-electron chi connectivity index (χ2n) is 4.99. The minimum atomic E-state index is 0.0756. The number of amides is 1. The minimum Gasteiger partial charge on any atom is -0.308 e. The summed E-state index contributed by atoms with van der Waals surface area (Å²) in [6.45, 7) is 6.70. The number of allylic oxidation sites excluding steroid dienone is 2. The Hall–Kier alpha value is -1.83. The van der Waals surface area contributed by atoms with Crippen LogP contribution in [0.2, 0.25) is 0 Å². The topological polar surface area (TPSA) is 20.3 Å². The maximum absolute atomic E-state index is 12.1. The third-order valence-electron chi connectivity index (χ3n) is 3.41. The number of likely N-dealkylation sites (tertiary alicyclic amines) is 1. The zero-order valence-electron chi connectivity index (χ0n) is 11.6. The van der Waals surface area contributed by atoms with Crippen LogP contribution in [0, 0.1) is 0 Å². The third kappa shape index (κ3) is 3.34. The molecule has 0 aliphatic carbocycles. The van der Waals surface area contributed by atoms with E-state index in [1.165, 1.54) is 12.8 Å². The van der Waals surface area contributed by atoms with Crippen molar-refractivity contribution in [2.24, 2.45) is 0 Å². The molecule has 1 fully saturated rings. The normalized spacial score (nSPS) is 17.5. The second kappa shape index (κ2) is 6.37. The lowest BCUT2D eigenvalue weighted by Gasteiger charge is -2.18. The van der Waals surface area contributed by atoms with Gasteiger partial charge in [0.05, 0.1) is 6.54 Å². The number of hydrogen-bond acceptors (Lipinski definition) is 1. The molecular formula is C17H21NO. The molecule has 1 aromatic rings. The predicted molar refractivity (Wildman–Crippen MR) is 78.4 cm³/mol. The van der Waals surface area contributed by atoms with E-state index in [1.807, 2.05) is 23.1 Å². The van der Waals surface area contributed by atoms with Crippen molar-refractivity contribution in [1.82, 2.24) is 4.90 Å². The smallest absolute Gasteiger partial charge is 0.254 e. The molecule has 1 aliphatic rings. The molecule has 2 rings (SSSR count). The van der Waals surface area contributed by atoms with Gasteiger partial charge in [-0.1, -0.05) is 62.8 Å². The number of benzene rings is 1. The Bertz CT molecular complexity index is 487. The average molecular weight is 255 g/mol. The van der Waals surface area contributed by atoms with Crippen molar-refractivity contribution >= 4 is 5.91 Å². The first-order valence-corrected chi connectivity index (χ1v) is 6.95. The van der Waals surface area contributed by atoms with Crippen molar-refractivity contribution in [2.45, 2.75) is 39.2 Å². The maximum atomic E-state index is 12.1. The van der Waals surface area contributed by atoms with E-state index in [0.29, 0.717) is 18.5 Å². The van der Waals surface area contributed by atoms with Crippen molar-refractivity contribution in [3.05, 3.63) is 59.8 Å². The van der Waals surface area contributed by atoms with Gasteiger partial charge in [-0.2, -0.15) is 0 Å². The first kappa shape index (κ1) is 13.6. The fourth-order valence-corrected chi connectivity index (χ4v) is 2.31. The van der Waals surface area contributed by atoms with Crippen LogP contribution < -0.4 is 0 Å². The Morgan fingerprint density at radius 1 is 1.32 bits per heavy atom. The molecule has 2 heteroatoms. The summed E-state index contributed by atoms with van der Waals surface area (Å²) < 4.78 is 0. The molecule has 100 valence electrons. The maximum Gasteiger partial charge on any atom is 0.254 e. The minimum absolute atomic E-state index is 0.0756. The van der Waals surface area contributed by atoms with Crippen LogP contribution in [0.15, 0.2) is 54.3 Å². The number of hydrogen-bond donors (Lipinski definition) is 0. The number of nitrogens with zero attached hydrogens (tertiary/aromatic N) is 1. The summed E-state index contributed by atoms with van der Waals surface area (Å²) in [4.78, 5) is 14.0. The third-order valence-corrected chi connectivity index (χ3v) is 3.41. The summed E-state index contributed by atoms with van der Waals surface area (Å²) in [6, 6.07) is 10.1. The van der Waals surface area contributed by atoms with Gasteiger partial charge in [0, 0.05) is 17.7 Å². The van der Waals surface area contributed by atoms with E-state index in [9.17, 15) is 4.79 Å². The summed E-state index contributed by atoms with van der Waals surface area (Å²) >= 11 is 0. The molecular weight excluding hydrogens is 234 g/mol. The highest BCUT2D eigenvalue weighted by molar-refractivity contribution is 5.97. The predicted octanol–water partition coefficient (Wildman–Crippen LogP) is 4.05. The van der Waals surface area contributed by atoms with Crippen LogP contribution in [-0.2, 0) is 11.3 Å². The first-order chi connectivity index (χ1) is 9.22. The second-order valence-corrected chi connectivity index (χ2v) is 4.99. The summed E-state index contributed by atoms with van der Waals surface area (Å²) in [5, 5.41) is 0. The van der Waals surface area contributed by atoms with Gasteiger partial charge in [-0.3, -0.25) is 4.79 Å². The highest BCUT2D eigenvalue weighted by Gasteiger charge is 2.28. The van der Waals surface area contributed by atoms with Crippen LogP contribution in [0.3, 0.4) is 0 Å². The molecule has 0 bridgehead atoms. The first-order valence-electron chi connectivity index (χ1n) is 6.95. The molecule has 1 heterocycles. The van der Waals surface area contributed by atoms with Gasteiger partial charge in [-0.25, -0.2) is 0 Å². The van der Waals surface area contributed by atoms with Crippen LogP contribution >= 0.6 is 0 Å². The molecule has 1 saturated heterocycles. The molecule has 0 radical (unpaired) electrons. The molecule has 0 spiro atoms. The highest BCUT2D eigenvalue weighted by atomic mass is 16.2. The lowest BCUT2D eigenvalue weighted by Crippen LogP contribution is -2.23. The molecule has 0 unspecified atom stereocenters. The van der Waals surface area contributed by atoms with Gasteiger partial charge in [0.25, 0.3) is 5.91 Å². The zero-order chi connectivity index (χ0) is 13.7. The van der Waals surface area contributed by atoms with Gasteiger partial charge in [-0.15, -0.1) is 0 Å². The molecule has 2 nitrogen and oxygen atoms in total. The van der Waals surface area contributed by atoms with E-state index in [2.05, 4.69) is 31.7 Å². The van der Waals surface area contributed by atoms with Gasteiger partial charge < -0.3 is 4.90 Å². The summed E-state index contributed by atoms with van der Waals surface area (Å²) in [6.07, 6.45) is 6.29. The largest absolute Gasteiger partial charge is 0.308 e.